The highest BCUT2D eigenvalue weighted by atomic mass is 16.6. The van der Waals surface area contributed by atoms with Crippen LogP contribution in [-0.4, -0.2) is 42.8 Å². The van der Waals surface area contributed by atoms with Crippen molar-refractivity contribution in [3.63, 3.8) is 0 Å². The van der Waals surface area contributed by atoms with Crippen LogP contribution in [0.3, 0.4) is 0 Å². The minimum absolute atomic E-state index is 0.00282. The summed E-state index contributed by atoms with van der Waals surface area (Å²) in [6.07, 6.45) is 0. The van der Waals surface area contributed by atoms with Gasteiger partial charge in [-0.3, -0.25) is 9.59 Å². The summed E-state index contributed by atoms with van der Waals surface area (Å²) in [5.74, 6) is -0.672. The Morgan fingerprint density at radius 3 is 2.55 bits per heavy atom. The van der Waals surface area contributed by atoms with Crippen LogP contribution in [0.4, 0.5) is 11.5 Å². The van der Waals surface area contributed by atoms with Crippen molar-refractivity contribution in [1.82, 2.24) is 30.7 Å². The van der Waals surface area contributed by atoms with E-state index < -0.39 is 5.91 Å². The number of hydrazone groups is 1. The first-order chi connectivity index (χ1) is 15.9. The topological polar surface area (TPSA) is 166 Å². The lowest BCUT2D eigenvalue weighted by atomic mass is 10.1. The number of nitrogens with two attached hydrogens (primary N) is 1. The lowest BCUT2D eigenvalue weighted by Crippen LogP contribution is -2.21. The van der Waals surface area contributed by atoms with Gasteiger partial charge in [0.1, 0.15) is 5.69 Å². The van der Waals surface area contributed by atoms with Crippen molar-refractivity contribution in [2.24, 2.45) is 5.10 Å². The summed E-state index contributed by atoms with van der Waals surface area (Å²) in [5.41, 5.74) is 11.2. The second-order valence-electron chi connectivity index (χ2n) is 6.94. The molecule has 166 valence electrons. The van der Waals surface area contributed by atoms with Crippen molar-refractivity contribution in [2.75, 3.05) is 11.1 Å². The molecular formula is C21H19N9O3. The van der Waals surface area contributed by atoms with E-state index in [4.69, 9.17) is 5.73 Å². The molecule has 0 spiro atoms. The summed E-state index contributed by atoms with van der Waals surface area (Å²) in [6, 6.07) is 16.1. The number of hydrogen-bond acceptors (Lipinski definition) is 9. The second kappa shape index (κ2) is 9.09. The molecule has 4 aromatic rings. The van der Waals surface area contributed by atoms with Crippen molar-refractivity contribution >= 4 is 29.0 Å². The van der Waals surface area contributed by atoms with Gasteiger partial charge < -0.3 is 11.1 Å². The van der Waals surface area contributed by atoms with E-state index in [0.29, 0.717) is 22.7 Å². The number of anilines is 2. The van der Waals surface area contributed by atoms with Crippen LogP contribution in [0.25, 0.3) is 17.1 Å². The molecule has 33 heavy (non-hydrogen) atoms. The minimum Gasteiger partial charge on any atom is -0.378 e. The molecule has 0 aliphatic carbocycles. The lowest BCUT2D eigenvalue weighted by Gasteiger charge is -2.07. The average Bonchev–Trinajstić information content (AvgIpc) is 3.43. The fourth-order valence-corrected chi connectivity index (χ4v) is 3.05. The van der Waals surface area contributed by atoms with Gasteiger partial charge in [0.2, 0.25) is 17.5 Å². The molecule has 0 radical (unpaired) electrons. The first kappa shape index (κ1) is 21.4. The first-order valence-electron chi connectivity index (χ1n) is 9.76. The number of amides is 2. The molecule has 0 unspecified atom stereocenters. The summed E-state index contributed by atoms with van der Waals surface area (Å²) in [7, 11) is 0. The minimum atomic E-state index is -0.590. The van der Waals surface area contributed by atoms with E-state index in [1.54, 1.807) is 37.3 Å². The highest BCUT2D eigenvalue weighted by molar-refractivity contribution is 6.03. The van der Waals surface area contributed by atoms with Crippen molar-refractivity contribution in [3.05, 3.63) is 65.9 Å². The highest BCUT2D eigenvalue weighted by Crippen LogP contribution is 2.26. The number of rotatable bonds is 6. The Hall–Kier alpha value is -4.87. The Morgan fingerprint density at radius 2 is 1.85 bits per heavy atom. The van der Waals surface area contributed by atoms with Crippen molar-refractivity contribution in [2.45, 2.75) is 13.8 Å². The largest absolute Gasteiger partial charge is 0.378 e. The molecule has 0 aliphatic heterocycles. The smallest absolute Gasteiger partial charge is 0.294 e. The quantitative estimate of drug-likeness (QED) is 0.299. The van der Waals surface area contributed by atoms with Crippen LogP contribution >= 0.6 is 0 Å². The fraction of sp³-hybridized carbons (Fsp3) is 0.0952. The molecule has 0 aliphatic rings. The molecule has 2 heterocycles. The number of carbonyl (C=O) groups excluding carboxylic acids is 2. The molecule has 0 bridgehead atoms. The van der Waals surface area contributed by atoms with E-state index >= 15 is 0 Å². The maximum Gasteiger partial charge on any atom is 0.294 e. The number of hydrogen-bond donors (Lipinski definition) is 3. The Kier molecular flexibility index (Phi) is 5.89. The Balaban J connectivity index is 1.65. The zero-order valence-electron chi connectivity index (χ0n) is 17.7. The van der Waals surface area contributed by atoms with Crippen LogP contribution < -0.4 is 16.5 Å². The average molecular weight is 445 g/mol. The molecule has 2 aromatic heterocycles. The molecule has 0 fully saturated rings. The fourth-order valence-electron chi connectivity index (χ4n) is 3.05. The number of carbonyl (C=O) groups is 2. The first-order valence-corrected chi connectivity index (χ1v) is 9.76. The molecule has 12 heteroatoms. The van der Waals surface area contributed by atoms with Crippen LogP contribution in [0, 0.1) is 0 Å². The molecule has 0 saturated heterocycles. The zero-order chi connectivity index (χ0) is 23.4. The van der Waals surface area contributed by atoms with Gasteiger partial charge in [-0.2, -0.15) is 9.78 Å². The molecule has 4 rings (SSSR count). The molecule has 2 amide bonds. The van der Waals surface area contributed by atoms with Crippen molar-refractivity contribution in [1.29, 1.82) is 0 Å². The van der Waals surface area contributed by atoms with Gasteiger partial charge in [0.25, 0.3) is 5.91 Å². The van der Waals surface area contributed by atoms with E-state index in [2.05, 4.69) is 41.1 Å². The van der Waals surface area contributed by atoms with Crippen molar-refractivity contribution < 1.29 is 14.2 Å². The molecule has 0 saturated carbocycles. The monoisotopic (exact) mass is 445 g/mol. The maximum atomic E-state index is 13.0. The van der Waals surface area contributed by atoms with Gasteiger partial charge in [-0.1, -0.05) is 47.7 Å². The molecular weight excluding hydrogens is 426 g/mol. The lowest BCUT2D eigenvalue weighted by molar-refractivity contribution is -0.114. The van der Waals surface area contributed by atoms with Gasteiger partial charge in [-0.15, -0.1) is 5.10 Å². The Bertz CT molecular complexity index is 1340. The SMILES string of the molecule is CC(=O)Nc1cccc(/C(C)=N\NC(=O)c2nnn(-c3nonc3N)c2-c2ccccc2)c1. The summed E-state index contributed by atoms with van der Waals surface area (Å²) in [4.78, 5) is 24.3. The van der Waals surface area contributed by atoms with Crippen LogP contribution in [-0.2, 0) is 4.79 Å². The van der Waals surface area contributed by atoms with Crippen LogP contribution in [0.1, 0.15) is 29.9 Å². The van der Waals surface area contributed by atoms with E-state index in [1.807, 2.05) is 24.3 Å². The van der Waals surface area contributed by atoms with Crippen LogP contribution in [0.5, 0.6) is 0 Å². The molecule has 2 aromatic carbocycles. The maximum absolute atomic E-state index is 13.0. The number of benzene rings is 2. The van der Waals surface area contributed by atoms with Gasteiger partial charge in [0, 0.05) is 18.2 Å². The van der Waals surface area contributed by atoms with E-state index in [-0.39, 0.29) is 23.2 Å². The highest BCUT2D eigenvalue weighted by Gasteiger charge is 2.25. The summed E-state index contributed by atoms with van der Waals surface area (Å²) in [6.45, 7) is 3.15. The summed E-state index contributed by atoms with van der Waals surface area (Å²) >= 11 is 0. The van der Waals surface area contributed by atoms with E-state index in [1.165, 1.54) is 11.6 Å². The van der Waals surface area contributed by atoms with Gasteiger partial charge in [0.05, 0.1) is 5.71 Å². The number of nitrogens with one attached hydrogen (secondary N) is 2. The van der Waals surface area contributed by atoms with Crippen LogP contribution in [0.2, 0.25) is 0 Å². The molecule has 0 atom stereocenters. The molecule has 4 N–H and O–H groups in total. The summed E-state index contributed by atoms with van der Waals surface area (Å²) < 4.78 is 5.94. The predicted octanol–water partition coefficient (Wildman–Crippen LogP) is 2.01. The third-order valence-corrected chi connectivity index (χ3v) is 4.55. The van der Waals surface area contributed by atoms with Gasteiger partial charge in [0.15, 0.2) is 5.69 Å². The molecule has 12 nitrogen and oxygen atoms in total. The third kappa shape index (κ3) is 4.58. The van der Waals surface area contributed by atoms with Gasteiger partial charge in [-0.25, -0.2) is 10.1 Å². The van der Waals surface area contributed by atoms with Crippen LogP contribution in [0.15, 0.2) is 64.3 Å². The normalized spacial score (nSPS) is 11.3. The summed E-state index contributed by atoms with van der Waals surface area (Å²) in [5, 5.41) is 22.2. The van der Waals surface area contributed by atoms with E-state index in [9.17, 15) is 9.59 Å². The predicted molar refractivity (Wildman–Crippen MR) is 119 cm³/mol. The number of nitrogen functional groups attached to an aromatic ring is 1. The third-order valence-electron chi connectivity index (χ3n) is 4.55. The standard InChI is InChI=1S/C21H19N9O3/c1-12(15-9-6-10-16(11-15)23-13(2)31)24-26-21(32)17-18(14-7-4-3-5-8-14)30(29-25-17)20-19(22)27-33-28-20/h3-11H,1-2H3,(H2,22,27)(H,23,31)(H,26,32)/b24-12-. The number of aromatic nitrogens is 5. The van der Waals surface area contributed by atoms with Gasteiger partial charge in [-0.05, 0) is 34.9 Å². The zero-order valence-corrected chi connectivity index (χ0v) is 17.7. The van der Waals surface area contributed by atoms with E-state index in [0.717, 1.165) is 5.56 Å². The van der Waals surface area contributed by atoms with Gasteiger partial charge >= 0.3 is 0 Å². The van der Waals surface area contributed by atoms with Crippen molar-refractivity contribution in [3.8, 4) is 17.1 Å². The Labute approximate surface area is 187 Å². The Morgan fingerprint density at radius 1 is 1.06 bits per heavy atom. The second-order valence-corrected chi connectivity index (χ2v) is 6.94. The number of nitrogens with zero attached hydrogens (tertiary/aromatic N) is 6.